The van der Waals surface area contributed by atoms with E-state index in [1.54, 1.807) is 13.8 Å². The summed E-state index contributed by atoms with van der Waals surface area (Å²) in [4.78, 5) is 60.3. The molecule has 1 amide bonds. The minimum absolute atomic E-state index is 0.0116. The summed E-state index contributed by atoms with van der Waals surface area (Å²) >= 11 is 0. The summed E-state index contributed by atoms with van der Waals surface area (Å²) in [6, 6.07) is 0. The van der Waals surface area contributed by atoms with Crippen LogP contribution in [0.5, 0.6) is 0 Å². The Bertz CT molecular complexity index is 1060. The van der Waals surface area contributed by atoms with E-state index in [-0.39, 0.29) is 107 Å². The molecule has 0 saturated carbocycles. The van der Waals surface area contributed by atoms with Gasteiger partial charge in [0.1, 0.15) is 26.6 Å². The van der Waals surface area contributed by atoms with Crippen LogP contribution in [-0.2, 0) is 23.9 Å². The van der Waals surface area contributed by atoms with Gasteiger partial charge in [-0.15, -0.1) is 0 Å². The van der Waals surface area contributed by atoms with Gasteiger partial charge in [0.2, 0.25) is 11.9 Å². The maximum atomic E-state index is 12.1. The van der Waals surface area contributed by atoms with Gasteiger partial charge < -0.3 is 48.8 Å². The second-order valence-corrected chi connectivity index (χ2v) is 8.07. The monoisotopic (exact) mass is 597 g/mol. The van der Waals surface area contributed by atoms with Crippen LogP contribution in [0.15, 0.2) is 30.0 Å². The van der Waals surface area contributed by atoms with E-state index in [2.05, 4.69) is 40.6 Å². The lowest BCUT2D eigenvalue weighted by atomic mass is 10.2. The maximum Gasteiger partial charge on any atom is 0.305 e. The van der Waals surface area contributed by atoms with E-state index in [4.69, 9.17) is 43.9 Å². The summed E-state index contributed by atoms with van der Waals surface area (Å²) in [6.45, 7) is 3.14. The fourth-order valence-corrected chi connectivity index (χ4v) is 2.57. The third-order valence-electron chi connectivity index (χ3n) is 4.55. The van der Waals surface area contributed by atoms with Crippen LogP contribution in [0.4, 0.5) is 0 Å². The smallest absolute Gasteiger partial charge is 0.305 e. The normalized spacial score (nSPS) is 13.4. The summed E-state index contributed by atoms with van der Waals surface area (Å²) in [7, 11) is 1.48. The summed E-state index contributed by atoms with van der Waals surface area (Å²) < 4.78 is 10.1. The summed E-state index contributed by atoms with van der Waals surface area (Å²) in [5, 5.41) is 5.09. The van der Waals surface area contributed by atoms with Gasteiger partial charge >= 0.3 is 11.9 Å². The second kappa shape index (κ2) is 21.6. The number of carbonyl (C=O) groups is 3. The minimum Gasteiger partial charge on any atom is -0.464 e. The Balaban J connectivity index is 4.34. The number of carbonyl (C=O) groups excluding carboxylic acids is 3. The number of nitrogens with one attached hydrogen (secondary N) is 2. The van der Waals surface area contributed by atoms with Crippen molar-refractivity contribution in [3.05, 3.63) is 0 Å². The number of guanidine groups is 5. The lowest BCUT2D eigenvalue weighted by Crippen LogP contribution is -2.43. The molecular weight excluding hydrogens is 554 g/mol. The van der Waals surface area contributed by atoms with Gasteiger partial charge in [-0.25, -0.2) is 25.0 Å². The number of aliphatic imine (C=N–C) groups is 6. The van der Waals surface area contributed by atoms with Crippen LogP contribution >= 0.6 is 0 Å². The van der Waals surface area contributed by atoms with Crippen molar-refractivity contribution < 1.29 is 23.9 Å². The molecule has 0 aliphatic heterocycles. The van der Waals surface area contributed by atoms with Gasteiger partial charge in [0.05, 0.1) is 18.9 Å². The Kier molecular flexibility index (Phi) is 19.0. The lowest BCUT2D eigenvalue weighted by molar-refractivity contribution is -0.145. The minimum atomic E-state index is -0.513. The zero-order chi connectivity index (χ0) is 31.9. The largest absolute Gasteiger partial charge is 0.464 e. The Hall–Kier alpha value is -5.17. The molecule has 14 N–H and O–H groups in total. The highest BCUT2D eigenvalue weighted by Gasteiger charge is 2.11. The van der Waals surface area contributed by atoms with Crippen LogP contribution in [0, 0.1) is 0 Å². The molecule has 0 aliphatic carbocycles. The van der Waals surface area contributed by atoms with E-state index >= 15 is 0 Å². The molecular formula is C22H43N15O5. The number of rotatable bonds is 15. The number of ether oxygens (including phenoxy) is 2. The van der Waals surface area contributed by atoms with Crippen molar-refractivity contribution in [2.24, 2.45) is 64.4 Å². The molecule has 0 aromatic heterocycles. The van der Waals surface area contributed by atoms with Crippen molar-refractivity contribution in [1.29, 1.82) is 0 Å². The zero-order valence-corrected chi connectivity index (χ0v) is 24.2. The first-order valence-electron chi connectivity index (χ1n) is 12.7. The zero-order valence-electron chi connectivity index (χ0n) is 24.2. The average Bonchev–Trinajstić information content (AvgIpc) is 2.92. The van der Waals surface area contributed by atoms with Crippen LogP contribution in [0.2, 0.25) is 0 Å². The highest BCUT2D eigenvalue weighted by atomic mass is 16.5. The van der Waals surface area contributed by atoms with E-state index in [1.807, 2.05) is 0 Å². The Morgan fingerprint density at radius 3 is 1.69 bits per heavy atom. The summed E-state index contributed by atoms with van der Waals surface area (Å²) in [5.74, 6) is -1.15. The Labute approximate surface area is 243 Å². The van der Waals surface area contributed by atoms with E-state index in [9.17, 15) is 14.4 Å². The molecule has 0 unspecified atom stereocenters. The fourth-order valence-electron chi connectivity index (χ4n) is 2.57. The number of nitrogens with zero attached hydrogens (tertiary/aromatic N) is 7. The van der Waals surface area contributed by atoms with Gasteiger partial charge in [0.25, 0.3) is 0 Å². The number of esters is 2. The van der Waals surface area contributed by atoms with Gasteiger partial charge in [-0.05, 0) is 13.3 Å². The van der Waals surface area contributed by atoms with Crippen molar-refractivity contribution in [2.75, 3.05) is 46.7 Å². The number of nitrogens with two attached hydrogens (primary N) is 6. The number of hydrogen-bond donors (Lipinski definition) is 8. The molecule has 0 rings (SSSR count). The van der Waals surface area contributed by atoms with Crippen molar-refractivity contribution in [3.8, 4) is 0 Å². The number of amides is 1. The molecule has 20 nitrogen and oxygen atoms in total. The number of hydrogen-bond acceptors (Lipinski definition) is 10. The molecule has 20 heteroatoms. The third kappa shape index (κ3) is 19.8. The van der Waals surface area contributed by atoms with E-state index < -0.39 is 11.9 Å². The maximum absolute atomic E-state index is 12.1. The first kappa shape index (κ1) is 36.8. The van der Waals surface area contributed by atoms with Gasteiger partial charge in [-0.2, -0.15) is 0 Å². The predicted molar refractivity (Wildman–Crippen MR) is 160 cm³/mol. The highest BCUT2D eigenvalue weighted by Crippen LogP contribution is 2.00. The third-order valence-corrected chi connectivity index (χ3v) is 4.55. The van der Waals surface area contributed by atoms with Crippen LogP contribution < -0.4 is 45.0 Å². The van der Waals surface area contributed by atoms with Gasteiger partial charge in [-0.3, -0.25) is 30.0 Å². The molecule has 0 spiro atoms. The van der Waals surface area contributed by atoms with Gasteiger partial charge in [-0.1, -0.05) is 6.92 Å². The summed E-state index contributed by atoms with van der Waals surface area (Å²) in [5.41, 5.74) is 33.6. The molecule has 0 atom stereocenters. The Morgan fingerprint density at radius 2 is 1.21 bits per heavy atom. The molecule has 0 fully saturated rings. The first-order valence-corrected chi connectivity index (χ1v) is 12.7. The van der Waals surface area contributed by atoms with Crippen LogP contribution in [0.1, 0.15) is 39.5 Å². The van der Waals surface area contributed by atoms with Crippen LogP contribution in [0.25, 0.3) is 0 Å². The second-order valence-electron chi connectivity index (χ2n) is 8.07. The predicted octanol–water partition coefficient (Wildman–Crippen LogP) is -3.84. The van der Waals surface area contributed by atoms with Crippen molar-refractivity contribution >= 4 is 53.5 Å². The van der Waals surface area contributed by atoms with Crippen LogP contribution in [-0.4, -0.2) is 105 Å². The molecule has 0 aromatic rings. The van der Waals surface area contributed by atoms with E-state index in [0.29, 0.717) is 0 Å². The molecule has 0 radical (unpaired) electrons. The van der Waals surface area contributed by atoms with E-state index in [0.717, 1.165) is 0 Å². The van der Waals surface area contributed by atoms with E-state index in [1.165, 1.54) is 11.9 Å². The van der Waals surface area contributed by atoms with Crippen molar-refractivity contribution in [1.82, 2.24) is 15.5 Å². The quantitative estimate of drug-likeness (QED) is 0.0388. The first-order chi connectivity index (χ1) is 19.9. The number of amidine groups is 1. The Morgan fingerprint density at radius 1 is 0.738 bits per heavy atom. The highest BCUT2D eigenvalue weighted by molar-refractivity contribution is 5.97. The lowest BCUT2D eigenvalue weighted by Gasteiger charge is -2.18. The van der Waals surface area contributed by atoms with Crippen LogP contribution in [0.3, 0.4) is 0 Å². The molecule has 42 heavy (non-hydrogen) atoms. The topological polar surface area (TPSA) is 327 Å². The van der Waals surface area contributed by atoms with Gasteiger partial charge in [0.15, 0.2) is 23.8 Å². The molecule has 236 valence electrons. The molecule has 0 heterocycles. The molecule has 0 aromatic carbocycles. The standard InChI is InChI=1S/C22H43N15O5/c1-4-15(38)37(12-32-21(27)34-14(2)23)13-33-22(28)36-20(26)31-9-11-42-17(40)7-5-6-16(39)41-10-8-30-19(25)35-18(24)29-3/h4-13H2,1-3H3,(H4,23,27,32,34)(H5,24,25,29,30,35)(H5,26,28,31,33,36). The molecule has 0 bridgehead atoms. The fraction of sp³-hybridized carbons (Fsp3) is 0.591. The van der Waals surface area contributed by atoms with Crippen molar-refractivity contribution in [2.45, 2.75) is 39.5 Å². The average molecular weight is 598 g/mol. The van der Waals surface area contributed by atoms with Crippen molar-refractivity contribution in [3.63, 3.8) is 0 Å². The SMILES string of the molecule is CCC(=O)N(CN=C(N)N=C(C)N)CN=C(N)NC(N)=NCCOC(=O)CCCC(=O)OCCN=C(N)NC(N)=NC. The van der Waals surface area contributed by atoms with Gasteiger partial charge in [0, 0.05) is 26.3 Å². The molecule has 0 saturated heterocycles. The summed E-state index contributed by atoms with van der Waals surface area (Å²) in [6.07, 6.45) is 0.485. The molecule has 0 aliphatic rings.